The minimum absolute atomic E-state index is 0. The highest BCUT2D eigenvalue weighted by molar-refractivity contribution is 8.52. The van der Waals surface area contributed by atoms with Crippen molar-refractivity contribution in [3.05, 3.63) is 0 Å². The molecule has 0 radical (unpaired) electrons. The predicted molar refractivity (Wildman–Crippen MR) is 136 cm³/mol. The van der Waals surface area contributed by atoms with Crippen molar-refractivity contribution in [2.24, 2.45) is 0 Å². The maximum Gasteiger partial charge on any atom is 0.0962 e. The first kappa shape index (κ1) is 30.0. The molecule has 0 saturated carbocycles. The summed E-state index contributed by atoms with van der Waals surface area (Å²) >= 11 is 0. The SMILES string of the molecule is CCCCCC[SH](C#N)(CCCCCC)(CCCCCC)CCCCCC.N. The van der Waals surface area contributed by atoms with Crippen LogP contribution in [0.4, 0.5) is 0 Å². The Morgan fingerprint density at radius 2 is 0.714 bits per heavy atom. The molecule has 3 heteroatoms. The number of nitriles is 1. The highest BCUT2D eigenvalue weighted by Gasteiger charge is 2.39. The van der Waals surface area contributed by atoms with Crippen LogP contribution in [0.3, 0.4) is 0 Å². The summed E-state index contributed by atoms with van der Waals surface area (Å²) in [4.78, 5) is 0. The first-order valence-electron chi connectivity index (χ1n) is 12.5. The van der Waals surface area contributed by atoms with E-state index in [2.05, 4.69) is 33.1 Å². The first-order valence-corrected chi connectivity index (χ1v) is 15.5. The largest absolute Gasteiger partial charge is 0.344 e. The van der Waals surface area contributed by atoms with Crippen molar-refractivity contribution in [1.29, 1.82) is 5.26 Å². The van der Waals surface area contributed by atoms with E-state index >= 15 is 0 Å². The molecule has 0 rings (SSSR count). The third-order valence-electron chi connectivity index (χ3n) is 6.67. The summed E-state index contributed by atoms with van der Waals surface area (Å²) < 4.78 is 0. The Labute approximate surface area is 179 Å². The molecule has 0 aromatic carbocycles. The van der Waals surface area contributed by atoms with Crippen LogP contribution in [0.1, 0.15) is 130 Å². The van der Waals surface area contributed by atoms with E-state index in [1.807, 2.05) is 0 Å². The Hall–Kier alpha value is -0.200. The Kier molecular flexibility index (Phi) is 20.1. The van der Waals surface area contributed by atoms with E-state index < -0.39 is 9.16 Å². The molecule has 0 aliphatic rings. The van der Waals surface area contributed by atoms with Gasteiger partial charge in [-0.15, -0.1) is 0 Å². The maximum absolute atomic E-state index is 10.7. The monoisotopic (exact) mass is 416 g/mol. The average molecular weight is 417 g/mol. The Morgan fingerprint density at radius 3 is 0.893 bits per heavy atom. The van der Waals surface area contributed by atoms with Gasteiger partial charge in [0.25, 0.3) is 0 Å². The van der Waals surface area contributed by atoms with Crippen molar-refractivity contribution in [2.45, 2.75) is 130 Å². The third-order valence-corrected chi connectivity index (χ3v) is 13.2. The van der Waals surface area contributed by atoms with E-state index in [9.17, 15) is 5.26 Å². The smallest absolute Gasteiger partial charge is 0.0962 e. The predicted octanol–water partition coefficient (Wildman–Crippen LogP) is 9.02. The van der Waals surface area contributed by atoms with Crippen molar-refractivity contribution in [1.82, 2.24) is 6.15 Å². The molecular weight excluding hydrogens is 360 g/mol. The lowest BCUT2D eigenvalue weighted by Gasteiger charge is -2.56. The lowest BCUT2D eigenvalue weighted by molar-refractivity contribution is 0.676. The summed E-state index contributed by atoms with van der Waals surface area (Å²) in [6, 6.07) is 0. The van der Waals surface area contributed by atoms with Gasteiger partial charge in [0, 0.05) is 0 Å². The molecule has 0 aliphatic heterocycles. The summed E-state index contributed by atoms with van der Waals surface area (Å²) in [6.07, 6.45) is 21.2. The van der Waals surface area contributed by atoms with Gasteiger partial charge >= 0.3 is 0 Å². The van der Waals surface area contributed by atoms with Crippen LogP contribution in [0.15, 0.2) is 0 Å². The molecular formula is C25H56N2S. The second kappa shape index (κ2) is 18.8. The second-order valence-electron chi connectivity index (χ2n) is 9.21. The van der Waals surface area contributed by atoms with E-state index in [1.54, 1.807) is 0 Å². The van der Waals surface area contributed by atoms with Gasteiger partial charge < -0.3 is 6.15 Å². The molecule has 0 bridgehead atoms. The highest BCUT2D eigenvalue weighted by Crippen LogP contribution is 2.70. The molecule has 0 spiro atoms. The van der Waals surface area contributed by atoms with Crippen molar-refractivity contribution in [2.75, 3.05) is 23.0 Å². The van der Waals surface area contributed by atoms with E-state index in [0.717, 1.165) is 0 Å². The quantitative estimate of drug-likeness (QED) is 0.118. The average Bonchev–Trinajstić information content (AvgIpc) is 2.70. The Balaban J connectivity index is 0. The van der Waals surface area contributed by atoms with E-state index in [1.165, 1.54) is 126 Å². The number of hydrogen-bond acceptors (Lipinski definition) is 2. The minimum Gasteiger partial charge on any atom is -0.344 e. The van der Waals surface area contributed by atoms with Crippen LogP contribution >= 0.6 is 9.16 Å². The van der Waals surface area contributed by atoms with Gasteiger partial charge in [-0.05, 0) is 48.7 Å². The molecule has 0 aromatic rings. The van der Waals surface area contributed by atoms with Gasteiger partial charge in [0.2, 0.25) is 0 Å². The molecule has 0 unspecified atom stereocenters. The fourth-order valence-electron chi connectivity index (χ4n) is 4.68. The van der Waals surface area contributed by atoms with Crippen LogP contribution in [0, 0.1) is 10.7 Å². The van der Waals surface area contributed by atoms with E-state index in [4.69, 9.17) is 0 Å². The van der Waals surface area contributed by atoms with Crippen LogP contribution in [-0.2, 0) is 0 Å². The summed E-state index contributed by atoms with van der Waals surface area (Å²) in [5.74, 6) is 5.14. The number of rotatable bonds is 20. The van der Waals surface area contributed by atoms with E-state index in [-0.39, 0.29) is 6.15 Å². The lowest BCUT2D eigenvalue weighted by Crippen LogP contribution is -2.31. The van der Waals surface area contributed by atoms with Crippen LogP contribution < -0.4 is 6.15 Å². The van der Waals surface area contributed by atoms with Crippen LogP contribution in [0.5, 0.6) is 0 Å². The molecule has 0 aromatic heterocycles. The maximum atomic E-state index is 10.7. The van der Waals surface area contributed by atoms with Crippen molar-refractivity contribution in [3.8, 4) is 5.40 Å². The molecule has 28 heavy (non-hydrogen) atoms. The fraction of sp³-hybridized carbons (Fsp3) is 0.960. The lowest BCUT2D eigenvalue weighted by atomic mass is 10.2. The van der Waals surface area contributed by atoms with Gasteiger partial charge in [0.05, 0.1) is 5.40 Å². The molecule has 0 heterocycles. The molecule has 0 aliphatic carbocycles. The summed E-state index contributed by atoms with van der Waals surface area (Å²) in [6.45, 7) is 9.18. The topological polar surface area (TPSA) is 58.8 Å². The molecule has 0 fully saturated rings. The van der Waals surface area contributed by atoms with Crippen LogP contribution in [-0.4, -0.2) is 23.0 Å². The normalized spacial score (nSPS) is 12.8. The molecule has 0 amide bonds. The zero-order valence-corrected chi connectivity index (χ0v) is 21.1. The van der Waals surface area contributed by atoms with Gasteiger partial charge in [0.1, 0.15) is 0 Å². The van der Waals surface area contributed by atoms with Crippen LogP contribution in [0.25, 0.3) is 0 Å². The number of thiol groups is 1. The fourth-order valence-corrected chi connectivity index (χ4v) is 10.6. The third kappa shape index (κ3) is 12.4. The summed E-state index contributed by atoms with van der Waals surface area (Å²) in [5, 5.41) is 13.8. The molecule has 0 atom stereocenters. The zero-order valence-electron chi connectivity index (χ0n) is 20.2. The first-order chi connectivity index (χ1) is 13.1. The summed E-state index contributed by atoms with van der Waals surface area (Å²) in [5.41, 5.74) is 0. The Bertz CT molecular complexity index is 316. The zero-order chi connectivity index (χ0) is 20.3. The highest BCUT2D eigenvalue weighted by atomic mass is 32.3. The van der Waals surface area contributed by atoms with Gasteiger partial charge in [-0.1, -0.05) is 105 Å². The molecule has 2 nitrogen and oxygen atoms in total. The van der Waals surface area contributed by atoms with Gasteiger partial charge in [0.15, 0.2) is 0 Å². The second-order valence-corrected chi connectivity index (χ2v) is 15.1. The number of unbranched alkanes of at least 4 members (excludes halogenated alkanes) is 12. The standard InChI is InChI=1S/C25H53NS.H3N/c1-5-9-13-17-21-27(25-26,22-18-14-10-6-2,23-19-15-11-7-3)24-20-16-12-8-4;/h27H,5-24H2,1-4H3;1H3. The minimum atomic E-state index is -2.21. The van der Waals surface area contributed by atoms with Crippen molar-refractivity contribution in [3.63, 3.8) is 0 Å². The number of hydrogen-bond donors (Lipinski definition) is 2. The molecule has 3 N–H and O–H groups in total. The number of thiocyanates is 1. The molecule has 0 saturated heterocycles. The van der Waals surface area contributed by atoms with Crippen LogP contribution in [0.2, 0.25) is 0 Å². The van der Waals surface area contributed by atoms with E-state index in [0.29, 0.717) is 0 Å². The van der Waals surface area contributed by atoms with Crippen molar-refractivity contribution >= 4 is 9.16 Å². The Morgan fingerprint density at radius 1 is 0.464 bits per heavy atom. The molecule has 172 valence electrons. The number of nitrogens with zero attached hydrogens (tertiary/aromatic N) is 1. The van der Waals surface area contributed by atoms with Gasteiger partial charge in [-0.2, -0.15) is 5.26 Å². The van der Waals surface area contributed by atoms with Crippen molar-refractivity contribution < 1.29 is 0 Å². The summed E-state index contributed by atoms with van der Waals surface area (Å²) in [7, 11) is -2.21. The van der Waals surface area contributed by atoms with Gasteiger partial charge in [-0.25, -0.2) is 9.16 Å². The van der Waals surface area contributed by atoms with Gasteiger partial charge in [-0.3, -0.25) is 0 Å².